The van der Waals surface area contributed by atoms with Crippen LogP contribution >= 0.6 is 0 Å². The highest BCUT2D eigenvalue weighted by molar-refractivity contribution is 4.37. The summed E-state index contributed by atoms with van der Waals surface area (Å²) in [6.45, 7) is 8.88. The maximum absolute atomic E-state index is 5.33. The van der Waals surface area contributed by atoms with Crippen LogP contribution in [0.1, 0.15) is 13.8 Å². The normalized spacial score (nSPS) is 11.3. The monoisotopic (exact) mass is 250 g/mol. The zero-order valence-corrected chi connectivity index (χ0v) is 11.3. The summed E-state index contributed by atoms with van der Waals surface area (Å²) in [5.41, 5.74) is 0. The van der Waals surface area contributed by atoms with Gasteiger partial charge < -0.3 is 23.7 Å². The van der Waals surface area contributed by atoms with Crippen LogP contribution in [0.4, 0.5) is 0 Å². The van der Waals surface area contributed by atoms with Gasteiger partial charge in [-0.15, -0.1) is 0 Å². The second kappa shape index (κ2) is 13.9. The molecule has 17 heavy (non-hydrogen) atoms. The fourth-order valence-electron chi connectivity index (χ4n) is 1.03. The second-order valence-electron chi connectivity index (χ2n) is 3.75. The molecule has 0 radical (unpaired) electrons. The molecule has 0 saturated carbocycles. The summed E-state index contributed by atoms with van der Waals surface area (Å²) >= 11 is 0. The fraction of sp³-hybridized carbons (Fsp3) is 1.00. The summed E-state index contributed by atoms with van der Waals surface area (Å²) in [6, 6.07) is 0. The second-order valence-corrected chi connectivity index (χ2v) is 3.75. The van der Waals surface area contributed by atoms with E-state index in [0.29, 0.717) is 52.9 Å². The van der Waals surface area contributed by atoms with Gasteiger partial charge in [0, 0.05) is 7.11 Å². The average Bonchev–Trinajstić information content (AvgIpc) is 2.30. The summed E-state index contributed by atoms with van der Waals surface area (Å²) in [4.78, 5) is 0. The summed E-state index contributed by atoms with van der Waals surface area (Å²) in [7, 11) is 1.65. The maximum Gasteiger partial charge on any atom is 0.0703 e. The van der Waals surface area contributed by atoms with Crippen LogP contribution in [0.15, 0.2) is 0 Å². The molecule has 5 nitrogen and oxygen atoms in total. The molecule has 5 heteroatoms. The van der Waals surface area contributed by atoms with Crippen molar-refractivity contribution in [1.82, 2.24) is 0 Å². The molecule has 0 amide bonds. The number of methoxy groups -OCH3 is 1. The summed E-state index contributed by atoms with van der Waals surface area (Å²) < 4.78 is 26.0. The van der Waals surface area contributed by atoms with E-state index < -0.39 is 0 Å². The van der Waals surface area contributed by atoms with Gasteiger partial charge in [-0.25, -0.2) is 0 Å². The Morgan fingerprint density at radius 3 is 1.47 bits per heavy atom. The molecule has 104 valence electrons. The topological polar surface area (TPSA) is 46.2 Å². The number of hydrogen-bond acceptors (Lipinski definition) is 5. The molecule has 0 aliphatic heterocycles. The molecule has 0 aromatic heterocycles. The third-order valence-corrected chi connectivity index (χ3v) is 1.85. The Balaban J connectivity index is 2.89. The summed E-state index contributed by atoms with van der Waals surface area (Å²) in [5, 5.41) is 0. The molecule has 0 rings (SSSR count). The molecule has 0 aromatic carbocycles. The lowest BCUT2D eigenvalue weighted by Gasteiger charge is -2.08. The Labute approximate surface area is 104 Å². The van der Waals surface area contributed by atoms with Crippen molar-refractivity contribution in [3.8, 4) is 0 Å². The Kier molecular flexibility index (Phi) is 13.7. The van der Waals surface area contributed by atoms with E-state index in [0.717, 1.165) is 0 Å². The van der Waals surface area contributed by atoms with Gasteiger partial charge in [-0.05, 0) is 13.8 Å². The number of ether oxygens (including phenoxy) is 5. The Morgan fingerprint density at radius 1 is 0.647 bits per heavy atom. The first kappa shape index (κ1) is 16.8. The first-order valence-electron chi connectivity index (χ1n) is 6.11. The van der Waals surface area contributed by atoms with Crippen molar-refractivity contribution in [2.75, 3.05) is 60.0 Å². The van der Waals surface area contributed by atoms with Gasteiger partial charge in [-0.1, -0.05) is 0 Å². The van der Waals surface area contributed by atoms with Gasteiger partial charge in [0.2, 0.25) is 0 Å². The van der Waals surface area contributed by atoms with Crippen LogP contribution in [0, 0.1) is 0 Å². The molecular weight excluding hydrogens is 224 g/mol. The van der Waals surface area contributed by atoms with Gasteiger partial charge in [-0.2, -0.15) is 0 Å². The van der Waals surface area contributed by atoms with Crippen molar-refractivity contribution < 1.29 is 23.7 Å². The van der Waals surface area contributed by atoms with E-state index in [-0.39, 0.29) is 6.10 Å². The molecule has 0 N–H and O–H groups in total. The molecule has 0 atom stereocenters. The zero-order valence-electron chi connectivity index (χ0n) is 11.3. The predicted molar refractivity (Wildman–Crippen MR) is 65.4 cm³/mol. The van der Waals surface area contributed by atoms with Crippen LogP contribution in [-0.4, -0.2) is 66.1 Å². The van der Waals surface area contributed by atoms with Crippen LogP contribution in [0.2, 0.25) is 0 Å². The summed E-state index contributed by atoms with van der Waals surface area (Å²) in [6.07, 6.45) is 0.263. The van der Waals surface area contributed by atoms with E-state index in [9.17, 15) is 0 Å². The van der Waals surface area contributed by atoms with Gasteiger partial charge in [-0.3, -0.25) is 0 Å². The first-order valence-corrected chi connectivity index (χ1v) is 6.11. The third-order valence-electron chi connectivity index (χ3n) is 1.85. The van der Waals surface area contributed by atoms with Crippen LogP contribution in [-0.2, 0) is 23.7 Å². The van der Waals surface area contributed by atoms with Gasteiger partial charge in [0.15, 0.2) is 0 Å². The highest BCUT2D eigenvalue weighted by atomic mass is 16.6. The maximum atomic E-state index is 5.33. The molecule has 0 fully saturated rings. The van der Waals surface area contributed by atoms with Crippen molar-refractivity contribution in [3.05, 3.63) is 0 Å². The predicted octanol–water partition coefficient (Wildman–Crippen LogP) is 1.11. The molecule has 0 unspecified atom stereocenters. The van der Waals surface area contributed by atoms with Crippen LogP contribution in [0.5, 0.6) is 0 Å². The van der Waals surface area contributed by atoms with E-state index in [2.05, 4.69) is 0 Å². The van der Waals surface area contributed by atoms with Crippen LogP contribution in [0.3, 0.4) is 0 Å². The Hall–Kier alpha value is -0.200. The van der Waals surface area contributed by atoms with Crippen molar-refractivity contribution in [3.63, 3.8) is 0 Å². The molecule has 0 heterocycles. The quantitative estimate of drug-likeness (QED) is 0.458. The van der Waals surface area contributed by atoms with E-state index in [1.165, 1.54) is 0 Å². The molecule has 0 aliphatic rings. The standard InChI is InChI=1S/C12H26O5/c1-12(2)17-11-10-16-9-8-15-7-6-14-5-4-13-3/h12H,4-11H2,1-3H3. The third kappa shape index (κ3) is 15.8. The van der Waals surface area contributed by atoms with Crippen molar-refractivity contribution in [1.29, 1.82) is 0 Å². The van der Waals surface area contributed by atoms with Crippen molar-refractivity contribution in [2.45, 2.75) is 20.0 Å². The largest absolute Gasteiger partial charge is 0.382 e. The van der Waals surface area contributed by atoms with Gasteiger partial charge in [0.25, 0.3) is 0 Å². The highest BCUT2D eigenvalue weighted by Crippen LogP contribution is 1.87. The number of rotatable bonds is 13. The van der Waals surface area contributed by atoms with E-state index in [1.54, 1.807) is 7.11 Å². The minimum atomic E-state index is 0.263. The lowest BCUT2D eigenvalue weighted by Crippen LogP contribution is -2.14. The van der Waals surface area contributed by atoms with Gasteiger partial charge in [0.05, 0.1) is 59.0 Å². The van der Waals surface area contributed by atoms with E-state index in [4.69, 9.17) is 23.7 Å². The Bertz CT molecular complexity index is 141. The molecule has 0 aromatic rings. The van der Waals surface area contributed by atoms with E-state index in [1.807, 2.05) is 13.8 Å². The molecular formula is C12H26O5. The fourth-order valence-corrected chi connectivity index (χ4v) is 1.03. The smallest absolute Gasteiger partial charge is 0.0703 e. The summed E-state index contributed by atoms with van der Waals surface area (Å²) in [5.74, 6) is 0. The van der Waals surface area contributed by atoms with Crippen molar-refractivity contribution >= 4 is 0 Å². The minimum Gasteiger partial charge on any atom is -0.382 e. The van der Waals surface area contributed by atoms with Crippen molar-refractivity contribution in [2.24, 2.45) is 0 Å². The SMILES string of the molecule is COCCOCCOCCOCCOC(C)C. The lowest BCUT2D eigenvalue weighted by atomic mass is 10.5. The minimum absolute atomic E-state index is 0.263. The Morgan fingerprint density at radius 2 is 1.06 bits per heavy atom. The first-order chi connectivity index (χ1) is 8.27. The van der Waals surface area contributed by atoms with Gasteiger partial charge >= 0.3 is 0 Å². The molecule has 0 spiro atoms. The van der Waals surface area contributed by atoms with E-state index >= 15 is 0 Å². The van der Waals surface area contributed by atoms with Crippen LogP contribution in [0.25, 0.3) is 0 Å². The average molecular weight is 250 g/mol. The number of hydrogen-bond donors (Lipinski definition) is 0. The molecule has 0 bridgehead atoms. The zero-order chi connectivity index (χ0) is 12.8. The highest BCUT2D eigenvalue weighted by Gasteiger charge is 1.94. The van der Waals surface area contributed by atoms with Crippen LogP contribution < -0.4 is 0 Å². The molecule has 0 aliphatic carbocycles. The molecule has 0 saturated heterocycles. The lowest BCUT2D eigenvalue weighted by molar-refractivity contribution is -0.0154. The van der Waals surface area contributed by atoms with Gasteiger partial charge in [0.1, 0.15) is 0 Å².